The van der Waals surface area contributed by atoms with Gasteiger partial charge in [0.1, 0.15) is 5.69 Å². The zero-order chi connectivity index (χ0) is 15.7. The minimum absolute atomic E-state index is 0.372. The van der Waals surface area contributed by atoms with Crippen molar-refractivity contribution >= 4 is 17.3 Å². The number of anilines is 1. The maximum Gasteiger partial charge on any atom is 0.416 e. The molecule has 0 atom stereocenters. The molecule has 0 radical (unpaired) electrons. The van der Waals surface area contributed by atoms with Crippen molar-refractivity contribution in [3.8, 4) is 0 Å². The van der Waals surface area contributed by atoms with Crippen molar-refractivity contribution in [2.24, 2.45) is 5.92 Å². The second-order valence-electron chi connectivity index (χ2n) is 4.51. The van der Waals surface area contributed by atoms with Crippen molar-refractivity contribution in [2.45, 2.75) is 20.0 Å². The molecule has 0 unspecified atom stereocenters. The van der Waals surface area contributed by atoms with Crippen LogP contribution in [0.3, 0.4) is 0 Å². The van der Waals surface area contributed by atoms with Gasteiger partial charge in [-0.15, -0.1) is 0 Å². The first-order valence-corrected chi connectivity index (χ1v) is 5.69. The molecule has 1 aromatic rings. The van der Waals surface area contributed by atoms with Crippen molar-refractivity contribution in [3.05, 3.63) is 33.9 Å². The third-order valence-electron chi connectivity index (χ3n) is 2.69. The van der Waals surface area contributed by atoms with Gasteiger partial charge < -0.3 is 4.90 Å². The zero-order valence-electron chi connectivity index (χ0n) is 11.1. The number of nitro groups is 1. The lowest BCUT2D eigenvalue weighted by Crippen LogP contribution is -2.31. The Morgan fingerprint density at radius 1 is 1.35 bits per heavy atom. The maximum atomic E-state index is 12.7. The largest absolute Gasteiger partial charge is 0.416 e. The second kappa shape index (κ2) is 5.48. The van der Waals surface area contributed by atoms with E-state index in [0.717, 1.165) is 11.0 Å². The number of hydrogen-bond acceptors (Lipinski definition) is 3. The summed E-state index contributed by atoms with van der Waals surface area (Å²) in [6.45, 7) is 3.11. The Labute approximate surface area is 113 Å². The van der Waals surface area contributed by atoms with E-state index >= 15 is 0 Å². The van der Waals surface area contributed by atoms with Crippen LogP contribution in [0.2, 0.25) is 0 Å². The van der Waals surface area contributed by atoms with Crippen LogP contribution in [-0.2, 0) is 11.0 Å². The van der Waals surface area contributed by atoms with Gasteiger partial charge in [-0.25, -0.2) is 0 Å². The first-order valence-electron chi connectivity index (χ1n) is 5.69. The fourth-order valence-electron chi connectivity index (χ4n) is 1.63. The van der Waals surface area contributed by atoms with Gasteiger partial charge in [-0.3, -0.25) is 14.9 Å². The van der Waals surface area contributed by atoms with E-state index in [-0.39, 0.29) is 5.69 Å². The highest BCUT2D eigenvalue weighted by atomic mass is 19.4. The molecule has 0 spiro atoms. The second-order valence-corrected chi connectivity index (χ2v) is 4.51. The maximum absolute atomic E-state index is 12.7. The van der Waals surface area contributed by atoms with Crippen LogP contribution in [0.5, 0.6) is 0 Å². The molecule has 0 saturated carbocycles. The molecule has 110 valence electrons. The summed E-state index contributed by atoms with van der Waals surface area (Å²) >= 11 is 0. The van der Waals surface area contributed by atoms with Gasteiger partial charge in [0.25, 0.3) is 5.69 Å². The Hall–Kier alpha value is -2.12. The van der Waals surface area contributed by atoms with Gasteiger partial charge in [0.2, 0.25) is 5.91 Å². The summed E-state index contributed by atoms with van der Waals surface area (Å²) in [5.74, 6) is -0.999. The van der Waals surface area contributed by atoms with Gasteiger partial charge >= 0.3 is 6.18 Å². The van der Waals surface area contributed by atoms with Crippen LogP contribution in [0, 0.1) is 16.0 Å². The van der Waals surface area contributed by atoms with Gasteiger partial charge in [-0.05, 0) is 12.1 Å². The lowest BCUT2D eigenvalue weighted by Gasteiger charge is -2.20. The van der Waals surface area contributed by atoms with Crippen LogP contribution in [0.4, 0.5) is 24.5 Å². The smallest absolute Gasteiger partial charge is 0.309 e. The molecule has 0 saturated heterocycles. The number of nitro benzene ring substituents is 1. The number of alkyl halides is 3. The molecule has 0 fully saturated rings. The van der Waals surface area contributed by atoms with E-state index in [4.69, 9.17) is 0 Å². The van der Waals surface area contributed by atoms with Crippen LogP contribution < -0.4 is 4.90 Å². The summed E-state index contributed by atoms with van der Waals surface area (Å²) in [5, 5.41) is 10.9. The molecular formula is C12H13F3N2O3. The Kier molecular flexibility index (Phi) is 4.36. The normalized spacial score (nSPS) is 11.6. The molecule has 1 aromatic carbocycles. The van der Waals surface area contributed by atoms with E-state index < -0.39 is 34.2 Å². The molecule has 0 aromatic heterocycles. The van der Waals surface area contributed by atoms with Crippen molar-refractivity contribution in [2.75, 3.05) is 11.9 Å². The Balaban J connectivity index is 3.40. The first-order chi connectivity index (χ1) is 9.05. The lowest BCUT2D eigenvalue weighted by atomic mass is 10.1. The number of hydrogen-bond donors (Lipinski definition) is 0. The molecule has 5 nitrogen and oxygen atoms in total. The molecule has 0 aliphatic heterocycles. The average molecular weight is 290 g/mol. The zero-order valence-corrected chi connectivity index (χ0v) is 11.1. The topological polar surface area (TPSA) is 63.5 Å². The fraction of sp³-hybridized carbons (Fsp3) is 0.417. The number of rotatable bonds is 3. The highest BCUT2D eigenvalue weighted by Gasteiger charge is 2.33. The first kappa shape index (κ1) is 15.9. The Bertz CT molecular complexity index is 541. The Morgan fingerprint density at radius 2 is 1.90 bits per heavy atom. The van der Waals surface area contributed by atoms with E-state index in [0.29, 0.717) is 12.1 Å². The van der Waals surface area contributed by atoms with Gasteiger partial charge in [0, 0.05) is 19.0 Å². The number of benzene rings is 1. The van der Waals surface area contributed by atoms with E-state index in [1.807, 2.05) is 0 Å². The highest BCUT2D eigenvalue weighted by Crippen LogP contribution is 2.36. The van der Waals surface area contributed by atoms with Crippen molar-refractivity contribution in [1.82, 2.24) is 0 Å². The SMILES string of the molecule is CC(C)C(=O)N(C)c1cc(C(F)(F)F)ccc1[N+](=O)[O-]. The minimum atomic E-state index is -4.63. The van der Waals surface area contributed by atoms with Gasteiger partial charge in [-0.2, -0.15) is 13.2 Å². The Morgan fingerprint density at radius 3 is 2.30 bits per heavy atom. The third kappa shape index (κ3) is 3.25. The summed E-state index contributed by atoms with van der Waals surface area (Å²) in [7, 11) is 1.21. The summed E-state index contributed by atoms with van der Waals surface area (Å²) in [6.07, 6.45) is -4.63. The predicted octanol–water partition coefficient (Wildman–Crippen LogP) is 3.23. The summed E-state index contributed by atoms with van der Waals surface area (Å²) < 4.78 is 38.0. The molecule has 20 heavy (non-hydrogen) atoms. The molecule has 0 heterocycles. The number of carbonyl (C=O) groups excluding carboxylic acids is 1. The van der Waals surface area contributed by atoms with Crippen LogP contribution in [-0.4, -0.2) is 17.9 Å². The van der Waals surface area contributed by atoms with E-state index in [1.54, 1.807) is 13.8 Å². The highest BCUT2D eigenvalue weighted by molar-refractivity contribution is 5.96. The van der Waals surface area contributed by atoms with E-state index in [2.05, 4.69) is 0 Å². The summed E-state index contributed by atoms with van der Waals surface area (Å²) in [6, 6.07) is 1.98. The number of carbonyl (C=O) groups is 1. The molecule has 1 amide bonds. The van der Waals surface area contributed by atoms with Crippen molar-refractivity contribution < 1.29 is 22.9 Å². The molecule has 8 heteroatoms. The minimum Gasteiger partial charge on any atom is -0.309 e. The van der Waals surface area contributed by atoms with Crippen LogP contribution >= 0.6 is 0 Å². The summed E-state index contributed by atoms with van der Waals surface area (Å²) in [4.78, 5) is 22.7. The van der Waals surface area contributed by atoms with Gasteiger partial charge in [0.15, 0.2) is 0 Å². The van der Waals surface area contributed by atoms with Gasteiger partial charge in [0.05, 0.1) is 10.5 Å². The number of halogens is 3. The van der Waals surface area contributed by atoms with Crippen molar-refractivity contribution in [1.29, 1.82) is 0 Å². The van der Waals surface area contributed by atoms with Gasteiger partial charge in [-0.1, -0.05) is 13.8 Å². The van der Waals surface area contributed by atoms with Crippen LogP contribution in [0.15, 0.2) is 18.2 Å². The quantitative estimate of drug-likeness (QED) is 0.634. The standard InChI is InChI=1S/C12H13F3N2O3/c1-7(2)11(18)16(3)10-6-8(12(13,14)15)4-5-9(10)17(19)20/h4-7H,1-3H3. The molecule has 1 rings (SSSR count). The van der Waals surface area contributed by atoms with E-state index in [9.17, 15) is 28.1 Å². The molecule has 0 N–H and O–H groups in total. The van der Waals surface area contributed by atoms with Crippen LogP contribution in [0.25, 0.3) is 0 Å². The molecule has 0 aliphatic rings. The number of nitrogens with zero attached hydrogens (tertiary/aromatic N) is 2. The monoisotopic (exact) mass is 290 g/mol. The molecule has 0 aliphatic carbocycles. The predicted molar refractivity (Wildman–Crippen MR) is 66.3 cm³/mol. The van der Waals surface area contributed by atoms with Crippen LogP contribution in [0.1, 0.15) is 19.4 Å². The molecule has 0 bridgehead atoms. The summed E-state index contributed by atoms with van der Waals surface area (Å²) in [5.41, 5.74) is -1.96. The molecular weight excluding hydrogens is 277 g/mol. The average Bonchev–Trinajstić information content (AvgIpc) is 2.34. The van der Waals surface area contributed by atoms with Crippen molar-refractivity contribution in [3.63, 3.8) is 0 Å². The van der Waals surface area contributed by atoms with E-state index in [1.165, 1.54) is 7.05 Å². The third-order valence-corrected chi connectivity index (χ3v) is 2.69. The number of amides is 1. The fourth-order valence-corrected chi connectivity index (χ4v) is 1.63. The lowest BCUT2D eigenvalue weighted by molar-refractivity contribution is -0.384.